The van der Waals surface area contributed by atoms with Crippen molar-refractivity contribution in [2.24, 2.45) is 0 Å². The van der Waals surface area contributed by atoms with E-state index in [0.29, 0.717) is 0 Å². The predicted octanol–water partition coefficient (Wildman–Crippen LogP) is -0.750. The first kappa shape index (κ1) is 9.39. The van der Waals surface area contributed by atoms with Gasteiger partial charge in [0, 0.05) is 7.11 Å². The predicted molar refractivity (Wildman–Crippen MR) is 10.2 cm³/mol. The Labute approximate surface area is 39.9 Å². The first-order valence-electron chi connectivity index (χ1n) is 0.910. The standard InChI is InChI=1S/CH4O.3O.Re/c1-2;;;;/h2H,1H3;;;;. The third-order valence-corrected chi connectivity index (χ3v) is 0. The van der Waals surface area contributed by atoms with Gasteiger partial charge in [-0.2, -0.15) is 0 Å². The van der Waals surface area contributed by atoms with Crippen LogP contribution in [0, 0.1) is 0 Å². The molecule has 0 atom stereocenters. The molecule has 0 rings (SSSR count). The molecule has 39 valence electrons. The molecular weight excluding hydrogens is 262 g/mol. The Kier molecular flexibility index (Phi) is 13.9. The van der Waals surface area contributed by atoms with Crippen molar-refractivity contribution in [3.8, 4) is 0 Å². The molecule has 5 heteroatoms. The first-order valence-corrected chi connectivity index (χ1v) is 4.24. The van der Waals surface area contributed by atoms with Crippen molar-refractivity contribution in [2.75, 3.05) is 7.11 Å². The molecule has 4 nitrogen and oxygen atoms in total. The molecule has 0 spiro atoms. The van der Waals surface area contributed by atoms with E-state index in [1.807, 2.05) is 0 Å². The second-order valence-electron chi connectivity index (χ2n) is 0.189. The van der Waals surface area contributed by atoms with Gasteiger partial charge in [0.25, 0.3) is 0 Å². The molecule has 0 saturated carbocycles. The van der Waals surface area contributed by atoms with Crippen LogP contribution in [0.5, 0.6) is 0 Å². The molecule has 0 amide bonds. The van der Waals surface area contributed by atoms with Crippen LogP contribution in [0.2, 0.25) is 0 Å². The van der Waals surface area contributed by atoms with Gasteiger partial charge in [-0.25, -0.2) is 0 Å². The quantitative estimate of drug-likeness (QED) is 0.626. The van der Waals surface area contributed by atoms with E-state index in [-0.39, 0.29) is 0 Å². The molecule has 0 aromatic heterocycles. The zero-order valence-corrected chi connectivity index (χ0v) is 5.77. The molecule has 0 aliphatic rings. The van der Waals surface area contributed by atoms with Gasteiger partial charge in [0.2, 0.25) is 0 Å². The van der Waals surface area contributed by atoms with Crippen molar-refractivity contribution in [1.29, 1.82) is 0 Å². The van der Waals surface area contributed by atoms with Crippen LogP contribution < -0.4 is 0 Å². The Balaban J connectivity index is 0. The van der Waals surface area contributed by atoms with Gasteiger partial charge in [-0.15, -0.1) is 0 Å². The van der Waals surface area contributed by atoms with Gasteiger partial charge in [0.05, 0.1) is 0 Å². The monoisotopic (exact) mass is 267 g/mol. The van der Waals surface area contributed by atoms with Gasteiger partial charge >= 0.3 is 27.0 Å². The minimum absolute atomic E-state index is 1.00. The van der Waals surface area contributed by atoms with E-state index < -0.39 is 16.6 Å². The summed E-state index contributed by atoms with van der Waals surface area (Å²) in [5, 5.41) is 7.00. The summed E-state index contributed by atoms with van der Waals surface area (Å²) in [4.78, 5) is 0. The van der Waals surface area contributed by atoms with Crippen molar-refractivity contribution in [2.45, 2.75) is 0 Å². The third kappa shape index (κ3) is 73600. The summed E-state index contributed by atoms with van der Waals surface area (Å²) in [6.45, 7) is 0. The molecule has 0 aliphatic heterocycles. The first-order chi connectivity index (χ1) is 2.73. The minimum atomic E-state index is -4.21. The summed E-state index contributed by atoms with van der Waals surface area (Å²) >= 11 is -4.21. The van der Waals surface area contributed by atoms with Gasteiger partial charge in [-0.1, -0.05) is 0 Å². The Hall–Kier alpha value is 0.0223. The molecular formula is CH4O4Re. The summed E-state index contributed by atoms with van der Waals surface area (Å²) in [6.07, 6.45) is 0. The van der Waals surface area contributed by atoms with Crippen LogP contribution in [0.15, 0.2) is 0 Å². The fraction of sp³-hybridized carbons (Fsp3) is 1.00. The average molecular weight is 266 g/mol. The number of hydrogen-bond donors (Lipinski definition) is 1. The Bertz CT molecular complexity index is 76.9. The van der Waals surface area contributed by atoms with Crippen LogP contribution in [0.25, 0.3) is 0 Å². The summed E-state index contributed by atoms with van der Waals surface area (Å²) in [6, 6.07) is 0. The molecule has 0 aliphatic carbocycles. The summed E-state index contributed by atoms with van der Waals surface area (Å²) in [5.74, 6) is 0. The molecule has 0 aromatic carbocycles. The summed E-state index contributed by atoms with van der Waals surface area (Å²) < 4.78 is 25.8. The van der Waals surface area contributed by atoms with Gasteiger partial charge in [0.1, 0.15) is 0 Å². The van der Waals surface area contributed by atoms with E-state index >= 15 is 0 Å². The molecule has 6 heavy (non-hydrogen) atoms. The maximum absolute atomic E-state index is 8.60. The zero-order valence-electron chi connectivity index (χ0n) is 3.05. The number of hydrogen-bond acceptors (Lipinski definition) is 4. The van der Waals surface area contributed by atoms with E-state index in [4.69, 9.17) is 15.5 Å². The molecule has 0 saturated heterocycles. The summed E-state index contributed by atoms with van der Waals surface area (Å²) in [7, 11) is 1.00. The maximum atomic E-state index is 8.60. The molecule has 0 heterocycles. The molecule has 0 fully saturated rings. The SMILES string of the molecule is CO.[O]=[Re](=[O])=[O]. The van der Waals surface area contributed by atoms with Crippen molar-refractivity contribution in [1.82, 2.24) is 0 Å². The Morgan fingerprint density at radius 3 is 1.17 bits per heavy atom. The normalized spacial score (nSPS) is 5.00. The Morgan fingerprint density at radius 1 is 1.17 bits per heavy atom. The molecule has 0 bridgehead atoms. The van der Waals surface area contributed by atoms with Crippen LogP contribution in [-0.4, -0.2) is 12.2 Å². The van der Waals surface area contributed by atoms with Gasteiger partial charge in [0.15, 0.2) is 0 Å². The molecule has 0 aromatic rings. The molecule has 0 unspecified atom stereocenters. The summed E-state index contributed by atoms with van der Waals surface area (Å²) in [5.41, 5.74) is 0. The fourth-order valence-corrected chi connectivity index (χ4v) is 0. The second-order valence-corrected chi connectivity index (χ2v) is 1.55. The van der Waals surface area contributed by atoms with E-state index in [9.17, 15) is 0 Å². The van der Waals surface area contributed by atoms with Crippen LogP contribution >= 0.6 is 0 Å². The van der Waals surface area contributed by atoms with Crippen molar-refractivity contribution < 1.29 is 32.1 Å². The second kappa shape index (κ2) is 8.90. The number of aliphatic hydroxyl groups is 1. The van der Waals surface area contributed by atoms with E-state index in [1.54, 1.807) is 0 Å². The number of aliphatic hydroxyl groups excluding tert-OH is 1. The van der Waals surface area contributed by atoms with Crippen LogP contribution in [-0.2, 0) is 27.0 Å². The van der Waals surface area contributed by atoms with Gasteiger partial charge in [-0.05, 0) is 0 Å². The Morgan fingerprint density at radius 2 is 1.17 bits per heavy atom. The van der Waals surface area contributed by atoms with Crippen molar-refractivity contribution in [3.05, 3.63) is 0 Å². The zero-order chi connectivity index (χ0) is 5.58. The van der Waals surface area contributed by atoms with Gasteiger partial charge < -0.3 is 5.11 Å². The third-order valence-electron chi connectivity index (χ3n) is 0. The van der Waals surface area contributed by atoms with Gasteiger partial charge in [-0.3, -0.25) is 0 Å². The molecule has 1 N–H and O–H groups in total. The topological polar surface area (TPSA) is 71.4 Å². The van der Waals surface area contributed by atoms with Crippen molar-refractivity contribution >= 4 is 0 Å². The molecule has 0 radical (unpaired) electrons. The number of rotatable bonds is 0. The van der Waals surface area contributed by atoms with Crippen LogP contribution in [0.1, 0.15) is 0 Å². The van der Waals surface area contributed by atoms with Crippen LogP contribution in [0.3, 0.4) is 0 Å². The van der Waals surface area contributed by atoms with E-state index in [1.165, 1.54) is 0 Å². The average Bonchev–Trinajstić information content (AvgIpc) is 1.41. The van der Waals surface area contributed by atoms with Crippen molar-refractivity contribution in [3.63, 3.8) is 0 Å². The van der Waals surface area contributed by atoms with E-state index in [0.717, 1.165) is 7.11 Å². The fourth-order valence-electron chi connectivity index (χ4n) is 0. The van der Waals surface area contributed by atoms with E-state index in [2.05, 4.69) is 0 Å². The van der Waals surface area contributed by atoms with Crippen LogP contribution in [0.4, 0.5) is 0 Å².